The zero-order valence-electron chi connectivity index (χ0n) is 18.8. The van der Waals surface area contributed by atoms with Gasteiger partial charge in [-0.15, -0.1) is 0 Å². The van der Waals surface area contributed by atoms with Crippen molar-refractivity contribution in [1.82, 2.24) is 14.5 Å². The molecule has 0 bridgehead atoms. The Kier molecular flexibility index (Phi) is 7.60. The van der Waals surface area contributed by atoms with Gasteiger partial charge in [-0.05, 0) is 55.2 Å². The summed E-state index contributed by atoms with van der Waals surface area (Å²) >= 11 is 0. The molecular formula is C24H28FN3O5S. The van der Waals surface area contributed by atoms with Gasteiger partial charge in [0.25, 0.3) is 11.8 Å². The van der Waals surface area contributed by atoms with E-state index < -0.39 is 21.7 Å². The molecule has 0 spiro atoms. The van der Waals surface area contributed by atoms with E-state index in [9.17, 15) is 22.4 Å². The van der Waals surface area contributed by atoms with Crippen molar-refractivity contribution >= 4 is 21.8 Å². The third-order valence-electron chi connectivity index (χ3n) is 6.09. The molecule has 182 valence electrons. The molecule has 10 heteroatoms. The molecular weight excluding hydrogens is 461 g/mol. The van der Waals surface area contributed by atoms with E-state index in [4.69, 9.17) is 4.74 Å². The maximum atomic E-state index is 14.4. The van der Waals surface area contributed by atoms with Gasteiger partial charge in [-0.2, -0.15) is 4.31 Å². The summed E-state index contributed by atoms with van der Waals surface area (Å²) < 4.78 is 46.5. The number of hydrogen-bond acceptors (Lipinski definition) is 5. The van der Waals surface area contributed by atoms with Crippen LogP contribution in [0.5, 0.6) is 0 Å². The molecule has 0 unspecified atom stereocenters. The van der Waals surface area contributed by atoms with E-state index in [0.717, 1.165) is 56.1 Å². The molecule has 2 heterocycles. The monoisotopic (exact) mass is 489 g/mol. The molecule has 0 radical (unpaired) electrons. The van der Waals surface area contributed by atoms with Crippen molar-refractivity contribution in [3.05, 3.63) is 65.0 Å². The predicted octanol–water partition coefficient (Wildman–Crippen LogP) is 2.40. The SMILES string of the molecule is O=C(NCc1ccc(C(=O)N2CCCCC2)cc1)c1cc(S(=O)(=O)N2CCOCC2)ccc1F. The van der Waals surface area contributed by atoms with Crippen molar-refractivity contribution in [3.63, 3.8) is 0 Å². The van der Waals surface area contributed by atoms with Crippen molar-refractivity contribution in [3.8, 4) is 0 Å². The smallest absolute Gasteiger partial charge is 0.254 e. The zero-order valence-corrected chi connectivity index (χ0v) is 19.7. The van der Waals surface area contributed by atoms with Gasteiger partial charge in [0.2, 0.25) is 10.0 Å². The van der Waals surface area contributed by atoms with Crippen molar-refractivity contribution in [2.24, 2.45) is 0 Å². The maximum Gasteiger partial charge on any atom is 0.254 e. The van der Waals surface area contributed by atoms with Crippen molar-refractivity contribution < 1.29 is 27.1 Å². The van der Waals surface area contributed by atoms with Crippen LogP contribution in [0.2, 0.25) is 0 Å². The zero-order chi connectivity index (χ0) is 24.1. The number of nitrogens with zero attached hydrogens (tertiary/aromatic N) is 2. The second kappa shape index (κ2) is 10.6. The van der Waals surface area contributed by atoms with Crippen molar-refractivity contribution in [2.75, 3.05) is 39.4 Å². The number of rotatable bonds is 6. The van der Waals surface area contributed by atoms with E-state index in [2.05, 4.69) is 5.32 Å². The molecule has 2 aliphatic heterocycles. The lowest BCUT2D eigenvalue weighted by Gasteiger charge is -2.26. The second-order valence-electron chi connectivity index (χ2n) is 8.39. The molecule has 0 atom stereocenters. The van der Waals surface area contributed by atoms with Crippen LogP contribution in [0.15, 0.2) is 47.4 Å². The molecule has 1 N–H and O–H groups in total. The van der Waals surface area contributed by atoms with E-state index in [1.54, 1.807) is 24.3 Å². The highest BCUT2D eigenvalue weighted by atomic mass is 32.2. The fraction of sp³-hybridized carbons (Fsp3) is 0.417. The summed E-state index contributed by atoms with van der Waals surface area (Å²) in [5, 5.41) is 2.62. The van der Waals surface area contributed by atoms with Crippen molar-refractivity contribution in [2.45, 2.75) is 30.7 Å². The molecule has 8 nitrogen and oxygen atoms in total. The largest absolute Gasteiger partial charge is 0.379 e. The molecule has 0 aliphatic carbocycles. The molecule has 2 amide bonds. The van der Waals surface area contributed by atoms with E-state index in [0.29, 0.717) is 5.56 Å². The lowest BCUT2D eigenvalue weighted by atomic mass is 10.1. The van der Waals surface area contributed by atoms with Gasteiger partial charge in [0, 0.05) is 38.3 Å². The number of ether oxygens (including phenoxy) is 1. The van der Waals surface area contributed by atoms with Gasteiger partial charge in [-0.3, -0.25) is 9.59 Å². The minimum atomic E-state index is -3.85. The maximum absolute atomic E-state index is 14.4. The van der Waals surface area contributed by atoms with Crippen LogP contribution in [0.25, 0.3) is 0 Å². The minimum absolute atomic E-state index is 0.00403. The number of halogens is 1. The Bertz CT molecular complexity index is 1140. The van der Waals surface area contributed by atoms with Crippen LogP contribution in [0.4, 0.5) is 4.39 Å². The number of nitrogens with one attached hydrogen (secondary N) is 1. The first-order chi connectivity index (χ1) is 16.4. The lowest BCUT2D eigenvalue weighted by molar-refractivity contribution is 0.0724. The fourth-order valence-electron chi connectivity index (χ4n) is 4.10. The summed E-state index contributed by atoms with van der Waals surface area (Å²) in [4.78, 5) is 26.9. The number of hydrogen-bond donors (Lipinski definition) is 1. The Hall–Kier alpha value is -2.82. The Morgan fingerprint density at radius 3 is 2.29 bits per heavy atom. The van der Waals surface area contributed by atoms with Crippen molar-refractivity contribution in [1.29, 1.82) is 0 Å². The molecule has 2 fully saturated rings. The number of likely N-dealkylation sites (tertiary alicyclic amines) is 1. The van der Waals surface area contributed by atoms with E-state index in [1.165, 1.54) is 4.31 Å². The molecule has 4 rings (SSSR count). The number of carbonyl (C=O) groups excluding carboxylic acids is 2. The van der Waals surface area contributed by atoms with Crippen LogP contribution < -0.4 is 5.32 Å². The second-order valence-corrected chi connectivity index (χ2v) is 10.3. The number of amides is 2. The quantitative estimate of drug-likeness (QED) is 0.672. The van der Waals surface area contributed by atoms with Gasteiger partial charge < -0.3 is 15.0 Å². The molecule has 2 aliphatic rings. The first kappa shape index (κ1) is 24.3. The Balaban J connectivity index is 1.41. The lowest BCUT2D eigenvalue weighted by Crippen LogP contribution is -2.40. The fourth-order valence-corrected chi connectivity index (χ4v) is 5.53. The van der Waals surface area contributed by atoms with Crippen LogP contribution in [0, 0.1) is 5.82 Å². The summed E-state index contributed by atoms with van der Waals surface area (Å²) in [7, 11) is -3.85. The van der Waals surface area contributed by atoms with Gasteiger partial charge in [0.15, 0.2) is 0 Å². The van der Waals surface area contributed by atoms with E-state index >= 15 is 0 Å². The summed E-state index contributed by atoms with van der Waals surface area (Å²) in [6.45, 7) is 2.63. The Morgan fingerprint density at radius 2 is 1.62 bits per heavy atom. The molecule has 34 heavy (non-hydrogen) atoms. The number of carbonyl (C=O) groups is 2. The average molecular weight is 490 g/mol. The summed E-state index contributed by atoms with van der Waals surface area (Å²) in [6.07, 6.45) is 3.17. The summed E-state index contributed by atoms with van der Waals surface area (Å²) in [5.74, 6) is -1.53. The Morgan fingerprint density at radius 1 is 0.941 bits per heavy atom. The van der Waals surface area contributed by atoms with E-state index in [-0.39, 0.29) is 49.2 Å². The first-order valence-electron chi connectivity index (χ1n) is 11.4. The predicted molar refractivity (Wildman–Crippen MR) is 123 cm³/mol. The van der Waals surface area contributed by atoms with Crippen LogP contribution in [-0.2, 0) is 21.3 Å². The summed E-state index contributed by atoms with van der Waals surface area (Å²) in [5.41, 5.74) is 0.983. The topological polar surface area (TPSA) is 96.0 Å². The van der Waals surface area contributed by atoms with Crippen LogP contribution in [0.1, 0.15) is 45.5 Å². The minimum Gasteiger partial charge on any atom is -0.379 e. The van der Waals surface area contributed by atoms with Gasteiger partial charge in [-0.25, -0.2) is 12.8 Å². The normalized spacial score (nSPS) is 17.4. The van der Waals surface area contributed by atoms with Crippen LogP contribution in [0.3, 0.4) is 0 Å². The molecule has 2 aromatic carbocycles. The van der Waals surface area contributed by atoms with Gasteiger partial charge in [0.05, 0.1) is 23.7 Å². The van der Waals surface area contributed by atoms with Crippen LogP contribution >= 0.6 is 0 Å². The molecule has 0 aromatic heterocycles. The van der Waals surface area contributed by atoms with Crippen LogP contribution in [-0.4, -0.2) is 68.8 Å². The van der Waals surface area contributed by atoms with Gasteiger partial charge in [0.1, 0.15) is 5.82 Å². The third-order valence-corrected chi connectivity index (χ3v) is 7.98. The number of sulfonamides is 1. The first-order valence-corrected chi connectivity index (χ1v) is 12.8. The average Bonchev–Trinajstić information content (AvgIpc) is 2.88. The summed E-state index contributed by atoms with van der Waals surface area (Å²) in [6, 6.07) is 10.1. The number of piperidine rings is 1. The molecule has 0 saturated carbocycles. The number of morpholine rings is 1. The highest BCUT2D eigenvalue weighted by Crippen LogP contribution is 2.21. The molecule has 2 saturated heterocycles. The third kappa shape index (κ3) is 5.45. The standard InChI is InChI=1S/C24H28FN3O5S/c25-22-9-8-20(34(31,32)28-12-14-33-15-13-28)16-21(22)23(29)26-17-18-4-6-19(7-5-18)24(30)27-10-2-1-3-11-27/h4-9,16H,1-3,10-15,17H2,(H,26,29). The molecule has 2 aromatic rings. The van der Waals surface area contributed by atoms with Gasteiger partial charge >= 0.3 is 0 Å². The number of benzene rings is 2. The van der Waals surface area contributed by atoms with Gasteiger partial charge in [-0.1, -0.05) is 12.1 Å². The Labute approximate surface area is 198 Å². The highest BCUT2D eigenvalue weighted by Gasteiger charge is 2.28. The van der Waals surface area contributed by atoms with E-state index in [1.807, 2.05) is 4.90 Å². The highest BCUT2D eigenvalue weighted by molar-refractivity contribution is 7.89.